The number of Topliss-reactive ketones (excluding diaryl/α,β-unsaturated/α-hetero) is 1. The van der Waals surface area contributed by atoms with Crippen LogP contribution in [0.5, 0.6) is 0 Å². The van der Waals surface area contributed by atoms with Gasteiger partial charge in [0.1, 0.15) is 11.9 Å². The number of hydrogen-bond donors (Lipinski definition) is 0. The van der Waals surface area contributed by atoms with Crippen LogP contribution >= 0.6 is 0 Å². The molecule has 2 rings (SSSR count). The van der Waals surface area contributed by atoms with E-state index in [1.54, 1.807) is 6.92 Å². The molecule has 0 aromatic carbocycles. The fourth-order valence-corrected chi connectivity index (χ4v) is 2.76. The van der Waals surface area contributed by atoms with Crippen molar-refractivity contribution in [2.45, 2.75) is 45.1 Å². The summed E-state index contributed by atoms with van der Waals surface area (Å²) in [5, 5.41) is 0. The van der Waals surface area contributed by atoms with Gasteiger partial charge in [0.05, 0.1) is 6.61 Å². The fourth-order valence-electron chi connectivity index (χ4n) is 2.76. The minimum Gasteiger partial charge on any atom is -0.465 e. The highest BCUT2D eigenvalue weighted by Gasteiger charge is 2.50. The van der Waals surface area contributed by atoms with Crippen molar-refractivity contribution < 1.29 is 23.9 Å². The molecular formula is C13H18O5. The molecule has 1 saturated heterocycles. The van der Waals surface area contributed by atoms with Gasteiger partial charge in [-0.05, 0) is 26.2 Å². The minimum absolute atomic E-state index is 0.109. The summed E-state index contributed by atoms with van der Waals surface area (Å²) in [6, 6.07) is 0. The SMILES string of the molecule is CCOC(=O)C1C(=O)OC2CCCCC(=O)CC21. The van der Waals surface area contributed by atoms with Crippen molar-refractivity contribution in [3.8, 4) is 0 Å². The molecule has 3 unspecified atom stereocenters. The number of ketones is 1. The minimum atomic E-state index is -0.906. The predicted octanol–water partition coefficient (Wildman–Crippen LogP) is 1.24. The van der Waals surface area contributed by atoms with Crippen LogP contribution in [-0.2, 0) is 23.9 Å². The highest BCUT2D eigenvalue weighted by molar-refractivity contribution is 5.97. The summed E-state index contributed by atoms with van der Waals surface area (Å²) in [6.45, 7) is 1.92. The van der Waals surface area contributed by atoms with E-state index in [2.05, 4.69) is 0 Å². The molecule has 0 spiro atoms. The summed E-state index contributed by atoms with van der Waals surface area (Å²) in [7, 11) is 0. The van der Waals surface area contributed by atoms with Gasteiger partial charge in [0.15, 0.2) is 5.92 Å². The second-order valence-corrected chi connectivity index (χ2v) is 4.86. The van der Waals surface area contributed by atoms with Crippen molar-refractivity contribution in [1.82, 2.24) is 0 Å². The maximum Gasteiger partial charge on any atom is 0.321 e. The highest BCUT2D eigenvalue weighted by Crippen LogP contribution is 2.36. The lowest BCUT2D eigenvalue weighted by molar-refractivity contribution is -0.156. The molecule has 5 nitrogen and oxygen atoms in total. The third-order valence-corrected chi connectivity index (χ3v) is 3.63. The molecule has 5 heteroatoms. The molecule has 2 fully saturated rings. The molecule has 1 aliphatic heterocycles. The Balaban J connectivity index is 2.16. The molecule has 1 heterocycles. The zero-order chi connectivity index (χ0) is 13.1. The zero-order valence-corrected chi connectivity index (χ0v) is 10.5. The van der Waals surface area contributed by atoms with Gasteiger partial charge in [-0.1, -0.05) is 0 Å². The standard InChI is InChI=1S/C13H18O5/c1-2-17-12(15)11-9-7-8(14)5-3-4-6-10(9)18-13(11)16/h9-11H,2-7H2,1H3. The number of rotatable bonds is 2. The van der Waals surface area contributed by atoms with Gasteiger partial charge in [-0.3, -0.25) is 14.4 Å². The Hall–Kier alpha value is -1.39. The smallest absolute Gasteiger partial charge is 0.321 e. The van der Waals surface area contributed by atoms with Gasteiger partial charge in [0, 0.05) is 18.8 Å². The number of esters is 2. The largest absolute Gasteiger partial charge is 0.465 e. The van der Waals surface area contributed by atoms with E-state index in [-0.39, 0.29) is 30.8 Å². The summed E-state index contributed by atoms with van der Waals surface area (Å²) in [5.74, 6) is -2.21. The maximum atomic E-state index is 11.8. The molecule has 0 radical (unpaired) electrons. The Morgan fingerprint density at radius 2 is 2.17 bits per heavy atom. The van der Waals surface area contributed by atoms with Crippen molar-refractivity contribution >= 4 is 17.7 Å². The molecule has 0 N–H and O–H groups in total. The summed E-state index contributed by atoms with van der Waals surface area (Å²) in [5.41, 5.74) is 0. The van der Waals surface area contributed by atoms with Crippen molar-refractivity contribution in [3.05, 3.63) is 0 Å². The van der Waals surface area contributed by atoms with E-state index < -0.39 is 17.9 Å². The Morgan fingerprint density at radius 3 is 2.89 bits per heavy atom. The molecule has 1 aliphatic carbocycles. The zero-order valence-electron chi connectivity index (χ0n) is 10.5. The normalized spacial score (nSPS) is 32.2. The number of carbonyl (C=O) groups excluding carboxylic acids is 3. The van der Waals surface area contributed by atoms with Crippen molar-refractivity contribution in [2.75, 3.05) is 6.61 Å². The third kappa shape index (κ3) is 2.54. The van der Waals surface area contributed by atoms with Crippen LogP contribution in [0.3, 0.4) is 0 Å². The first-order chi connectivity index (χ1) is 8.63. The lowest BCUT2D eigenvalue weighted by atomic mass is 9.81. The Bertz CT molecular complexity index is 362. The Kier molecular flexibility index (Phi) is 3.99. The number of ether oxygens (including phenoxy) is 2. The van der Waals surface area contributed by atoms with E-state index in [0.717, 1.165) is 19.3 Å². The van der Waals surface area contributed by atoms with E-state index in [1.807, 2.05) is 0 Å². The van der Waals surface area contributed by atoms with Crippen LogP contribution in [0.25, 0.3) is 0 Å². The summed E-state index contributed by atoms with van der Waals surface area (Å²) >= 11 is 0. The maximum absolute atomic E-state index is 11.8. The summed E-state index contributed by atoms with van der Waals surface area (Å²) in [4.78, 5) is 35.2. The van der Waals surface area contributed by atoms with Crippen LogP contribution < -0.4 is 0 Å². The van der Waals surface area contributed by atoms with E-state index in [9.17, 15) is 14.4 Å². The number of fused-ring (bicyclic) bond motifs is 1. The van der Waals surface area contributed by atoms with Gasteiger partial charge in [-0.2, -0.15) is 0 Å². The van der Waals surface area contributed by atoms with Crippen LogP contribution in [0.1, 0.15) is 39.0 Å². The topological polar surface area (TPSA) is 69.7 Å². The van der Waals surface area contributed by atoms with E-state index in [4.69, 9.17) is 9.47 Å². The molecule has 1 saturated carbocycles. The first-order valence-corrected chi connectivity index (χ1v) is 6.52. The van der Waals surface area contributed by atoms with Crippen LogP contribution in [0, 0.1) is 11.8 Å². The summed E-state index contributed by atoms with van der Waals surface area (Å²) in [6.07, 6.45) is 2.92. The van der Waals surface area contributed by atoms with Gasteiger partial charge in [0.25, 0.3) is 0 Å². The average molecular weight is 254 g/mol. The van der Waals surface area contributed by atoms with E-state index in [1.165, 1.54) is 0 Å². The molecule has 0 amide bonds. The fraction of sp³-hybridized carbons (Fsp3) is 0.769. The van der Waals surface area contributed by atoms with Gasteiger partial charge in [-0.25, -0.2) is 0 Å². The second-order valence-electron chi connectivity index (χ2n) is 4.86. The van der Waals surface area contributed by atoms with Gasteiger partial charge >= 0.3 is 11.9 Å². The van der Waals surface area contributed by atoms with Gasteiger partial charge < -0.3 is 9.47 Å². The molecular weight excluding hydrogens is 236 g/mol. The quantitative estimate of drug-likeness (QED) is 0.547. The molecule has 18 heavy (non-hydrogen) atoms. The molecule has 3 atom stereocenters. The lowest BCUT2D eigenvalue weighted by Gasteiger charge is -2.21. The van der Waals surface area contributed by atoms with Gasteiger partial charge in [-0.15, -0.1) is 0 Å². The first-order valence-electron chi connectivity index (χ1n) is 6.52. The Labute approximate surface area is 106 Å². The van der Waals surface area contributed by atoms with Crippen molar-refractivity contribution in [2.24, 2.45) is 11.8 Å². The molecule has 0 aromatic rings. The van der Waals surface area contributed by atoms with Crippen molar-refractivity contribution in [3.63, 3.8) is 0 Å². The van der Waals surface area contributed by atoms with Crippen LogP contribution in [-0.4, -0.2) is 30.4 Å². The molecule has 2 aliphatic rings. The van der Waals surface area contributed by atoms with Crippen LogP contribution in [0.15, 0.2) is 0 Å². The molecule has 0 bridgehead atoms. The van der Waals surface area contributed by atoms with E-state index in [0.29, 0.717) is 6.42 Å². The summed E-state index contributed by atoms with van der Waals surface area (Å²) < 4.78 is 10.1. The van der Waals surface area contributed by atoms with Crippen molar-refractivity contribution in [1.29, 1.82) is 0 Å². The lowest BCUT2D eigenvalue weighted by Crippen LogP contribution is -2.32. The van der Waals surface area contributed by atoms with Crippen LogP contribution in [0.2, 0.25) is 0 Å². The molecule has 0 aromatic heterocycles. The average Bonchev–Trinajstić information content (AvgIpc) is 2.58. The molecule has 100 valence electrons. The van der Waals surface area contributed by atoms with E-state index >= 15 is 0 Å². The first kappa shape index (κ1) is 13.1. The van der Waals surface area contributed by atoms with Crippen LogP contribution in [0.4, 0.5) is 0 Å². The predicted molar refractivity (Wildman–Crippen MR) is 61.6 cm³/mol. The third-order valence-electron chi connectivity index (χ3n) is 3.63. The number of hydrogen-bond acceptors (Lipinski definition) is 5. The Morgan fingerprint density at radius 1 is 1.39 bits per heavy atom. The second kappa shape index (κ2) is 5.50. The monoisotopic (exact) mass is 254 g/mol. The van der Waals surface area contributed by atoms with Gasteiger partial charge in [0.2, 0.25) is 0 Å². The number of carbonyl (C=O) groups is 3. The highest BCUT2D eigenvalue weighted by atomic mass is 16.6.